The van der Waals surface area contributed by atoms with E-state index >= 15 is 0 Å². The van der Waals surface area contributed by atoms with E-state index in [0.29, 0.717) is 5.06 Å². The number of benzene rings is 2. The topological polar surface area (TPSA) is 66.6 Å². The van der Waals surface area contributed by atoms with Crippen molar-refractivity contribution in [2.24, 2.45) is 5.73 Å². The van der Waals surface area contributed by atoms with Crippen molar-refractivity contribution in [3.05, 3.63) is 66.2 Å². The fourth-order valence-corrected chi connectivity index (χ4v) is 1.95. The summed E-state index contributed by atoms with van der Waals surface area (Å²) in [6.45, 7) is 1.68. The molecule has 0 spiro atoms. The molecule has 1 atom stereocenters. The van der Waals surface area contributed by atoms with Crippen LogP contribution in [0.4, 0.5) is 4.79 Å². The van der Waals surface area contributed by atoms with Gasteiger partial charge in [0.15, 0.2) is 0 Å². The van der Waals surface area contributed by atoms with Gasteiger partial charge >= 0.3 is 6.03 Å². The SMILES string of the molecule is C[C@@H](C=Cc1ccc(-c2ccccc2)cc1)N(O)C(N)=O. The predicted molar refractivity (Wildman–Crippen MR) is 83.6 cm³/mol. The minimum Gasteiger partial charge on any atom is -0.350 e. The summed E-state index contributed by atoms with van der Waals surface area (Å²) in [4.78, 5) is 10.8. The molecule has 2 aromatic rings. The van der Waals surface area contributed by atoms with E-state index in [9.17, 15) is 10.0 Å². The highest BCUT2D eigenvalue weighted by atomic mass is 16.5. The van der Waals surface area contributed by atoms with E-state index < -0.39 is 12.1 Å². The molecule has 3 N–H and O–H groups in total. The van der Waals surface area contributed by atoms with Gasteiger partial charge in [-0.05, 0) is 23.6 Å². The number of carbonyl (C=O) groups is 1. The van der Waals surface area contributed by atoms with Crippen molar-refractivity contribution in [1.82, 2.24) is 5.06 Å². The van der Waals surface area contributed by atoms with Crippen molar-refractivity contribution in [1.29, 1.82) is 0 Å². The first kappa shape index (κ1) is 14.8. The molecule has 2 aromatic carbocycles. The number of primary amides is 1. The van der Waals surface area contributed by atoms with Gasteiger partial charge in [0.1, 0.15) is 0 Å². The lowest BCUT2D eigenvalue weighted by Crippen LogP contribution is -2.38. The van der Waals surface area contributed by atoms with Gasteiger partial charge in [0, 0.05) is 0 Å². The second-order valence-electron chi connectivity index (χ2n) is 4.77. The van der Waals surface area contributed by atoms with E-state index in [2.05, 4.69) is 12.1 Å². The maximum Gasteiger partial charge on any atom is 0.339 e. The van der Waals surface area contributed by atoms with Crippen LogP contribution >= 0.6 is 0 Å². The maximum absolute atomic E-state index is 10.8. The number of hydroxylamine groups is 2. The Hall–Kier alpha value is -2.59. The van der Waals surface area contributed by atoms with Crippen LogP contribution in [0.3, 0.4) is 0 Å². The average Bonchev–Trinajstić information content (AvgIpc) is 2.53. The first-order chi connectivity index (χ1) is 10.1. The third-order valence-electron chi connectivity index (χ3n) is 3.20. The quantitative estimate of drug-likeness (QED) is 0.665. The van der Waals surface area contributed by atoms with Gasteiger partial charge in [0.2, 0.25) is 0 Å². The minimum atomic E-state index is -0.869. The molecular weight excluding hydrogens is 264 g/mol. The highest BCUT2D eigenvalue weighted by molar-refractivity contribution is 5.71. The van der Waals surface area contributed by atoms with E-state index in [1.165, 1.54) is 0 Å². The highest BCUT2D eigenvalue weighted by Gasteiger charge is 2.11. The molecule has 0 unspecified atom stereocenters. The Kier molecular flexibility index (Phi) is 4.74. The third-order valence-corrected chi connectivity index (χ3v) is 3.20. The van der Waals surface area contributed by atoms with Gasteiger partial charge in [-0.15, -0.1) is 0 Å². The Balaban J connectivity index is 2.08. The van der Waals surface area contributed by atoms with Crippen LogP contribution in [0, 0.1) is 0 Å². The molecule has 2 rings (SSSR count). The van der Waals surface area contributed by atoms with Gasteiger partial charge in [-0.25, -0.2) is 4.79 Å². The van der Waals surface area contributed by atoms with Crippen LogP contribution in [-0.4, -0.2) is 22.3 Å². The molecule has 21 heavy (non-hydrogen) atoms. The summed E-state index contributed by atoms with van der Waals surface area (Å²) in [6.07, 6.45) is 3.55. The van der Waals surface area contributed by atoms with Crippen LogP contribution < -0.4 is 5.73 Å². The summed E-state index contributed by atoms with van der Waals surface area (Å²) in [5, 5.41) is 9.87. The summed E-state index contributed by atoms with van der Waals surface area (Å²) in [7, 11) is 0. The Morgan fingerprint density at radius 3 is 2.24 bits per heavy atom. The van der Waals surface area contributed by atoms with Crippen molar-refractivity contribution in [3.63, 3.8) is 0 Å². The molecule has 0 bridgehead atoms. The lowest BCUT2D eigenvalue weighted by Gasteiger charge is -2.16. The summed E-state index contributed by atoms with van der Waals surface area (Å²) in [5.41, 5.74) is 8.28. The van der Waals surface area contributed by atoms with Gasteiger partial charge in [0.25, 0.3) is 0 Å². The Labute approximate surface area is 124 Å². The molecule has 108 valence electrons. The first-order valence-corrected chi connectivity index (χ1v) is 6.69. The van der Waals surface area contributed by atoms with Gasteiger partial charge in [-0.3, -0.25) is 5.21 Å². The van der Waals surface area contributed by atoms with E-state index in [4.69, 9.17) is 5.73 Å². The number of carbonyl (C=O) groups excluding carboxylic acids is 1. The normalized spacial score (nSPS) is 12.3. The average molecular weight is 282 g/mol. The summed E-state index contributed by atoms with van der Waals surface area (Å²) in [5.74, 6) is 0. The second-order valence-corrected chi connectivity index (χ2v) is 4.77. The smallest absolute Gasteiger partial charge is 0.339 e. The lowest BCUT2D eigenvalue weighted by molar-refractivity contribution is -0.0560. The Bertz CT molecular complexity index is 621. The fraction of sp³-hybridized carbons (Fsp3) is 0.118. The van der Waals surface area contributed by atoms with Crippen molar-refractivity contribution < 1.29 is 10.0 Å². The predicted octanol–water partition coefficient (Wildman–Crippen LogP) is 3.53. The number of nitrogens with zero attached hydrogens (tertiary/aromatic N) is 1. The standard InChI is InChI=1S/C17H18N2O2/c1-13(19(21)17(18)20)7-8-14-9-11-16(12-10-14)15-5-3-2-4-6-15/h2-13,21H,1H3,(H2,18,20)/t13-/m0/s1. The van der Waals surface area contributed by atoms with Gasteiger partial charge in [-0.2, -0.15) is 5.06 Å². The highest BCUT2D eigenvalue weighted by Crippen LogP contribution is 2.19. The summed E-state index contributed by atoms with van der Waals surface area (Å²) >= 11 is 0. The zero-order valence-electron chi connectivity index (χ0n) is 11.8. The van der Waals surface area contributed by atoms with E-state index in [1.807, 2.05) is 48.5 Å². The summed E-state index contributed by atoms with van der Waals surface area (Å²) in [6, 6.07) is 16.8. The molecule has 0 fully saturated rings. The zero-order valence-corrected chi connectivity index (χ0v) is 11.8. The van der Waals surface area contributed by atoms with Crippen molar-refractivity contribution in [2.45, 2.75) is 13.0 Å². The lowest BCUT2D eigenvalue weighted by atomic mass is 10.0. The number of nitrogens with two attached hydrogens (primary N) is 1. The van der Waals surface area contributed by atoms with Crippen molar-refractivity contribution >= 4 is 12.1 Å². The Morgan fingerprint density at radius 1 is 1.10 bits per heavy atom. The molecule has 0 aliphatic heterocycles. The van der Waals surface area contributed by atoms with E-state index in [1.54, 1.807) is 13.0 Å². The molecule has 0 aliphatic carbocycles. The van der Waals surface area contributed by atoms with Crippen molar-refractivity contribution in [3.8, 4) is 11.1 Å². The van der Waals surface area contributed by atoms with Crippen LogP contribution in [0.5, 0.6) is 0 Å². The molecule has 0 saturated carbocycles. The van der Waals surface area contributed by atoms with E-state index in [0.717, 1.165) is 16.7 Å². The number of rotatable bonds is 4. The zero-order chi connectivity index (χ0) is 15.2. The van der Waals surface area contributed by atoms with Gasteiger partial charge in [-0.1, -0.05) is 66.7 Å². The number of urea groups is 1. The number of hydrogen-bond acceptors (Lipinski definition) is 2. The summed E-state index contributed by atoms with van der Waals surface area (Å²) < 4.78 is 0. The van der Waals surface area contributed by atoms with Crippen LogP contribution in [0.1, 0.15) is 12.5 Å². The number of amides is 2. The minimum absolute atomic E-state index is 0.476. The molecule has 0 aliphatic rings. The third kappa shape index (κ3) is 3.94. The van der Waals surface area contributed by atoms with Crippen LogP contribution in [0.2, 0.25) is 0 Å². The Morgan fingerprint density at radius 2 is 1.67 bits per heavy atom. The first-order valence-electron chi connectivity index (χ1n) is 6.69. The maximum atomic E-state index is 10.8. The monoisotopic (exact) mass is 282 g/mol. The van der Waals surface area contributed by atoms with Crippen LogP contribution in [0.25, 0.3) is 17.2 Å². The molecular formula is C17H18N2O2. The van der Waals surface area contributed by atoms with E-state index in [-0.39, 0.29) is 0 Å². The van der Waals surface area contributed by atoms with Gasteiger partial charge < -0.3 is 5.73 Å². The van der Waals surface area contributed by atoms with Crippen LogP contribution in [0.15, 0.2) is 60.7 Å². The largest absolute Gasteiger partial charge is 0.350 e. The van der Waals surface area contributed by atoms with Crippen molar-refractivity contribution in [2.75, 3.05) is 0 Å². The second kappa shape index (κ2) is 6.72. The molecule has 0 saturated heterocycles. The molecule has 4 nitrogen and oxygen atoms in total. The van der Waals surface area contributed by atoms with Crippen LogP contribution in [-0.2, 0) is 0 Å². The van der Waals surface area contributed by atoms with Gasteiger partial charge in [0.05, 0.1) is 6.04 Å². The fourth-order valence-electron chi connectivity index (χ4n) is 1.95. The molecule has 4 heteroatoms. The molecule has 0 aromatic heterocycles. The number of hydrogen-bond donors (Lipinski definition) is 2. The molecule has 0 heterocycles. The molecule has 0 radical (unpaired) electrons. The molecule has 2 amide bonds.